The molecule has 1 aromatic carbocycles. The van der Waals surface area contributed by atoms with E-state index >= 15 is 0 Å². The highest BCUT2D eigenvalue weighted by Gasteiger charge is 2.23. The van der Waals surface area contributed by atoms with Gasteiger partial charge in [0, 0.05) is 41.1 Å². The van der Waals surface area contributed by atoms with Crippen LogP contribution in [-0.4, -0.2) is 37.2 Å². The highest BCUT2D eigenvalue weighted by Crippen LogP contribution is 2.18. The maximum Gasteiger partial charge on any atom is 0.253 e. The number of aryl methyl sites for hydroxylation is 1. The van der Waals surface area contributed by atoms with Crippen molar-refractivity contribution in [3.63, 3.8) is 0 Å². The summed E-state index contributed by atoms with van der Waals surface area (Å²) in [5, 5.41) is 9.76. The molecule has 2 aromatic rings. The van der Waals surface area contributed by atoms with Crippen molar-refractivity contribution in [2.24, 2.45) is 4.99 Å². The van der Waals surface area contributed by atoms with E-state index in [0.29, 0.717) is 13.2 Å². The van der Waals surface area contributed by atoms with Crippen molar-refractivity contribution in [3.05, 3.63) is 51.7 Å². The Balaban J connectivity index is 1.57. The predicted octanol–water partition coefficient (Wildman–Crippen LogP) is 3.86. The fraction of sp³-hybridized carbons (Fsp3) is 0.478. The topological polar surface area (TPSA) is 74.8 Å². The average molecular weight is 429 g/mol. The molecule has 2 heterocycles. The lowest BCUT2D eigenvalue weighted by atomic mass is 10.2. The number of thiophene rings is 1. The number of carbonyl (C=O) groups excluding carboxylic acids is 1. The lowest BCUT2D eigenvalue weighted by molar-refractivity contribution is -0.124. The minimum absolute atomic E-state index is 0.0687. The highest BCUT2D eigenvalue weighted by molar-refractivity contribution is 7.11. The molecular formula is C23H32N4O2S. The first-order valence-corrected chi connectivity index (χ1v) is 11.5. The Morgan fingerprint density at radius 3 is 2.90 bits per heavy atom. The van der Waals surface area contributed by atoms with Gasteiger partial charge in [0.05, 0.1) is 6.54 Å². The molecule has 2 atom stereocenters. The van der Waals surface area contributed by atoms with Crippen molar-refractivity contribution < 1.29 is 9.53 Å². The fourth-order valence-electron chi connectivity index (χ4n) is 3.43. The Hall–Kier alpha value is -2.38. The standard InChI is InChI=1S/C23H32N4O2S/c1-4-24-23(26-16(2)13-20-11-10-17(3)30-20)25-15-18-7-5-8-19(14-18)27-22(28)21-9-6-12-29-21/h5,7-8,10-11,14,16,21H,4,6,9,12-13,15H2,1-3H3,(H,27,28)(H2,24,25,26). The largest absolute Gasteiger partial charge is 0.368 e. The van der Waals surface area contributed by atoms with Gasteiger partial charge >= 0.3 is 0 Å². The summed E-state index contributed by atoms with van der Waals surface area (Å²) < 4.78 is 5.45. The van der Waals surface area contributed by atoms with Crippen LogP contribution < -0.4 is 16.0 Å². The first-order valence-electron chi connectivity index (χ1n) is 10.6. The maximum atomic E-state index is 12.3. The zero-order valence-corrected chi connectivity index (χ0v) is 18.8. The van der Waals surface area contributed by atoms with E-state index in [1.54, 1.807) is 0 Å². The van der Waals surface area contributed by atoms with Crippen LogP contribution in [0.3, 0.4) is 0 Å². The Morgan fingerprint density at radius 2 is 2.20 bits per heavy atom. The van der Waals surface area contributed by atoms with E-state index in [2.05, 4.69) is 48.9 Å². The summed E-state index contributed by atoms with van der Waals surface area (Å²) in [5.41, 5.74) is 1.82. The third-order valence-electron chi connectivity index (χ3n) is 4.87. The molecule has 1 aliphatic rings. The van der Waals surface area contributed by atoms with Gasteiger partial charge in [0.25, 0.3) is 5.91 Å². The third-order valence-corrected chi connectivity index (χ3v) is 5.89. The second kappa shape index (κ2) is 11.1. The number of anilines is 1. The van der Waals surface area contributed by atoms with Crippen molar-refractivity contribution in [1.82, 2.24) is 10.6 Å². The van der Waals surface area contributed by atoms with Crippen LogP contribution >= 0.6 is 11.3 Å². The number of benzene rings is 1. The van der Waals surface area contributed by atoms with Crippen LogP contribution in [0.4, 0.5) is 5.69 Å². The Bertz CT molecular complexity index is 858. The molecule has 30 heavy (non-hydrogen) atoms. The Morgan fingerprint density at radius 1 is 1.33 bits per heavy atom. The molecule has 162 valence electrons. The van der Waals surface area contributed by atoms with E-state index in [0.717, 1.165) is 43.0 Å². The second-order valence-corrected chi connectivity index (χ2v) is 9.02. The number of nitrogens with zero attached hydrogens (tertiary/aromatic N) is 1. The van der Waals surface area contributed by atoms with Crippen molar-refractivity contribution in [1.29, 1.82) is 0 Å². The maximum absolute atomic E-state index is 12.3. The smallest absolute Gasteiger partial charge is 0.253 e. The number of ether oxygens (including phenoxy) is 1. The quantitative estimate of drug-likeness (QED) is 0.441. The summed E-state index contributed by atoms with van der Waals surface area (Å²) in [6.07, 6.45) is 2.37. The molecule has 2 unspecified atom stereocenters. The monoisotopic (exact) mass is 428 g/mol. The lowest BCUT2D eigenvalue weighted by Gasteiger charge is -2.17. The summed E-state index contributed by atoms with van der Waals surface area (Å²) in [6.45, 7) is 8.36. The zero-order chi connectivity index (χ0) is 21.3. The molecule has 7 heteroatoms. The molecule has 0 spiro atoms. The first kappa shape index (κ1) is 22.3. The van der Waals surface area contributed by atoms with Crippen LogP contribution in [0.1, 0.15) is 42.0 Å². The molecule has 0 radical (unpaired) electrons. The van der Waals surface area contributed by atoms with E-state index in [1.165, 1.54) is 9.75 Å². The van der Waals surface area contributed by atoms with E-state index in [4.69, 9.17) is 9.73 Å². The Labute approximate surface area is 183 Å². The van der Waals surface area contributed by atoms with Gasteiger partial charge in [-0.3, -0.25) is 4.79 Å². The summed E-state index contributed by atoms with van der Waals surface area (Å²) in [6, 6.07) is 12.5. The fourth-order valence-corrected chi connectivity index (χ4v) is 4.45. The van der Waals surface area contributed by atoms with E-state index < -0.39 is 0 Å². The van der Waals surface area contributed by atoms with Gasteiger partial charge in [-0.15, -0.1) is 11.3 Å². The van der Waals surface area contributed by atoms with Gasteiger partial charge in [-0.25, -0.2) is 4.99 Å². The first-order chi connectivity index (χ1) is 14.5. The zero-order valence-electron chi connectivity index (χ0n) is 18.0. The van der Waals surface area contributed by atoms with Gasteiger partial charge in [0.2, 0.25) is 0 Å². The molecule has 0 bridgehead atoms. The van der Waals surface area contributed by atoms with Gasteiger partial charge in [0.1, 0.15) is 6.10 Å². The SMILES string of the molecule is CCNC(=NCc1cccc(NC(=O)C2CCCO2)c1)NC(C)Cc1ccc(C)s1. The molecule has 1 aliphatic heterocycles. The van der Waals surface area contributed by atoms with Crippen LogP contribution in [-0.2, 0) is 22.5 Å². The minimum atomic E-state index is -0.329. The molecular weight excluding hydrogens is 396 g/mol. The van der Waals surface area contributed by atoms with Crippen molar-refractivity contribution in [2.75, 3.05) is 18.5 Å². The lowest BCUT2D eigenvalue weighted by Crippen LogP contribution is -2.43. The summed E-state index contributed by atoms with van der Waals surface area (Å²) >= 11 is 1.84. The molecule has 6 nitrogen and oxygen atoms in total. The normalized spacial score (nSPS) is 17.6. The molecule has 1 saturated heterocycles. The minimum Gasteiger partial charge on any atom is -0.368 e. The van der Waals surface area contributed by atoms with E-state index in [1.807, 2.05) is 35.6 Å². The molecule has 3 N–H and O–H groups in total. The van der Waals surface area contributed by atoms with Crippen molar-refractivity contribution in [2.45, 2.75) is 58.7 Å². The number of rotatable bonds is 8. The summed E-state index contributed by atoms with van der Waals surface area (Å²) in [4.78, 5) is 19.7. The number of aliphatic imine (C=N–C) groups is 1. The van der Waals surface area contributed by atoms with Gasteiger partial charge in [0.15, 0.2) is 5.96 Å². The summed E-state index contributed by atoms with van der Waals surface area (Å²) in [7, 11) is 0. The second-order valence-electron chi connectivity index (χ2n) is 7.65. The van der Waals surface area contributed by atoms with Crippen molar-refractivity contribution in [3.8, 4) is 0 Å². The van der Waals surface area contributed by atoms with E-state index in [-0.39, 0.29) is 18.1 Å². The van der Waals surface area contributed by atoms with Crippen LogP contribution in [0, 0.1) is 6.92 Å². The highest BCUT2D eigenvalue weighted by atomic mass is 32.1. The van der Waals surface area contributed by atoms with Crippen LogP contribution in [0.2, 0.25) is 0 Å². The molecule has 3 rings (SSSR count). The number of carbonyl (C=O) groups is 1. The molecule has 1 fully saturated rings. The number of guanidine groups is 1. The van der Waals surface area contributed by atoms with Gasteiger partial charge in [-0.1, -0.05) is 12.1 Å². The third kappa shape index (κ3) is 6.85. The number of nitrogens with one attached hydrogen (secondary N) is 3. The predicted molar refractivity (Wildman–Crippen MR) is 124 cm³/mol. The van der Waals surface area contributed by atoms with Gasteiger partial charge in [-0.2, -0.15) is 0 Å². The molecule has 0 saturated carbocycles. The van der Waals surface area contributed by atoms with Gasteiger partial charge < -0.3 is 20.7 Å². The van der Waals surface area contributed by atoms with Crippen LogP contribution in [0.15, 0.2) is 41.4 Å². The molecule has 1 aromatic heterocycles. The van der Waals surface area contributed by atoms with Crippen LogP contribution in [0.25, 0.3) is 0 Å². The van der Waals surface area contributed by atoms with Gasteiger partial charge in [-0.05, 0) is 63.4 Å². The number of hydrogen-bond acceptors (Lipinski definition) is 4. The Kier molecular flexibility index (Phi) is 8.28. The number of amides is 1. The molecule has 0 aliphatic carbocycles. The molecule has 1 amide bonds. The van der Waals surface area contributed by atoms with E-state index in [9.17, 15) is 4.79 Å². The van der Waals surface area contributed by atoms with Crippen LogP contribution in [0.5, 0.6) is 0 Å². The summed E-state index contributed by atoms with van der Waals surface area (Å²) in [5.74, 6) is 0.730. The average Bonchev–Trinajstić information content (AvgIpc) is 3.39. The van der Waals surface area contributed by atoms with Crippen molar-refractivity contribution >= 4 is 28.9 Å². The number of hydrogen-bond donors (Lipinski definition) is 3.